The lowest BCUT2D eigenvalue weighted by atomic mass is 9.80. The quantitative estimate of drug-likeness (QED) is 0.182. The van der Waals surface area contributed by atoms with E-state index in [9.17, 15) is 14.7 Å². The first-order valence-corrected chi connectivity index (χ1v) is 15.7. The van der Waals surface area contributed by atoms with Gasteiger partial charge in [0.05, 0.1) is 15.7 Å². The number of anilines is 1. The SMILES string of the molecule is CCO[C@@H]1OC(C(=O)Nc2ccc(-c3nc4ccc(C)cc4s3)cc2)=C[C@H](c2cn(C(C)=O)c3ccccc23)[C@@H]1CCCO. The van der Waals surface area contributed by atoms with Gasteiger partial charge in [-0.1, -0.05) is 24.3 Å². The predicted molar refractivity (Wildman–Crippen MR) is 174 cm³/mol. The molecule has 2 aromatic heterocycles. The van der Waals surface area contributed by atoms with Crippen LogP contribution in [-0.4, -0.2) is 46.0 Å². The fourth-order valence-corrected chi connectivity index (χ4v) is 6.97. The second-order valence-electron chi connectivity index (χ2n) is 11.0. The fraction of sp³-hybridized carbons (Fsp3) is 0.286. The Labute approximate surface area is 259 Å². The molecule has 0 aliphatic carbocycles. The van der Waals surface area contributed by atoms with Gasteiger partial charge in [-0.2, -0.15) is 0 Å². The Morgan fingerprint density at radius 3 is 2.66 bits per heavy atom. The van der Waals surface area contributed by atoms with E-state index in [1.54, 1.807) is 15.9 Å². The number of rotatable bonds is 9. The van der Waals surface area contributed by atoms with Crippen LogP contribution in [0.3, 0.4) is 0 Å². The first-order chi connectivity index (χ1) is 21.4. The van der Waals surface area contributed by atoms with Gasteiger partial charge < -0.3 is 19.9 Å². The van der Waals surface area contributed by atoms with Gasteiger partial charge in [0.15, 0.2) is 5.76 Å². The molecule has 8 nitrogen and oxygen atoms in total. The lowest BCUT2D eigenvalue weighted by Gasteiger charge is -2.36. The third kappa shape index (κ3) is 5.91. The normalized spacial score (nSPS) is 18.3. The van der Waals surface area contributed by atoms with Crippen molar-refractivity contribution < 1.29 is 24.2 Å². The van der Waals surface area contributed by atoms with Gasteiger partial charge in [-0.25, -0.2) is 4.98 Å². The summed E-state index contributed by atoms with van der Waals surface area (Å²) in [6, 6.07) is 21.6. The molecule has 1 aliphatic rings. The number of aliphatic hydroxyl groups excluding tert-OH is 1. The number of hydrogen-bond acceptors (Lipinski definition) is 7. The summed E-state index contributed by atoms with van der Waals surface area (Å²) in [7, 11) is 0. The molecule has 9 heteroatoms. The van der Waals surface area contributed by atoms with Gasteiger partial charge in [-0.15, -0.1) is 11.3 Å². The summed E-state index contributed by atoms with van der Waals surface area (Å²) in [5.74, 6) is -0.804. The van der Waals surface area contributed by atoms with Crippen molar-refractivity contribution in [3.63, 3.8) is 0 Å². The van der Waals surface area contributed by atoms with Crippen LogP contribution in [0.2, 0.25) is 0 Å². The summed E-state index contributed by atoms with van der Waals surface area (Å²) >= 11 is 1.64. The van der Waals surface area contributed by atoms with Crippen molar-refractivity contribution in [2.75, 3.05) is 18.5 Å². The molecule has 5 aromatic rings. The van der Waals surface area contributed by atoms with Crippen LogP contribution in [0.25, 0.3) is 31.7 Å². The number of hydrogen-bond donors (Lipinski definition) is 2. The van der Waals surface area contributed by atoms with Crippen LogP contribution in [0.15, 0.2) is 84.8 Å². The lowest BCUT2D eigenvalue weighted by Crippen LogP contribution is -2.37. The molecule has 1 aliphatic heterocycles. The molecule has 3 aromatic carbocycles. The molecule has 0 saturated heterocycles. The summed E-state index contributed by atoms with van der Waals surface area (Å²) in [5, 5.41) is 14.5. The van der Waals surface area contributed by atoms with E-state index in [0.717, 1.165) is 37.3 Å². The topological polar surface area (TPSA) is 103 Å². The number of ether oxygens (including phenoxy) is 2. The van der Waals surface area contributed by atoms with Crippen molar-refractivity contribution in [3.8, 4) is 10.6 Å². The molecule has 2 N–H and O–H groups in total. The van der Waals surface area contributed by atoms with Crippen LogP contribution in [0, 0.1) is 12.8 Å². The molecular weight excluding hydrogens is 574 g/mol. The smallest absolute Gasteiger partial charge is 0.290 e. The summed E-state index contributed by atoms with van der Waals surface area (Å²) < 4.78 is 15.0. The van der Waals surface area contributed by atoms with Gasteiger partial charge in [0.25, 0.3) is 5.91 Å². The zero-order valence-corrected chi connectivity index (χ0v) is 25.8. The molecule has 0 unspecified atom stereocenters. The summed E-state index contributed by atoms with van der Waals surface area (Å²) in [5.41, 5.74) is 5.48. The number of nitrogens with one attached hydrogen (secondary N) is 1. The number of fused-ring (bicyclic) bond motifs is 2. The molecule has 3 atom stereocenters. The maximum atomic E-state index is 13.6. The average Bonchev–Trinajstić information content (AvgIpc) is 3.62. The number of para-hydroxylation sites is 1. The molecule has 0 bridgehead atoms. The number of amides is 1. The number of aromatic nitrogens is 2. The Morgan fingerprint density at radius 2 is 1.91 bits per heavy atom. The number of benzene rings is 3. The van der Waals surface area contributed by atoms with Gasteiger partial charge in [-0.05, 0) is 86.4 Å². The molecule has 44 heavy (non-hydrogen) atoms. The number of allylic oxidation sites excluding steroid dienone is 1. The van der Waals surface area contributed by atoms with Crippen molar-refractivity contribution in [1.82, 2.24) is 9.55 Å². The first kappa shape index (κ1) is 29.7. The van der Waals surface area contributed by atoms with E-state index in [0.29, 0.717) is 25.1 Å². The van der Waals surface area contributed by atoms with Gasteiger partial charge in [0.1, 0.15) is 5.01 Å². The van der Waals surface area contributed by atoms with E-state index in [2.05, 4.69) is 24.4 Å². The first-order valence-electron chi connectivity index (χ1n) is 14.9. The van der Waals surface area contributed by atoms with E-state index in [1.165, 1.54) is 12.5 Å². The number of carbonyl (C=O) groups excluding carboxylic acids is 2. The number of carbonyl (C=O) groups is 2. The minimum Gasteiger partial charge on any atom is -0.459 e. The van der Waals surface area contributed by atoms with Crippen LogP contribution in [0.5, 0.6) is 0 Å². The highest BCUT2D eigenvalue weighted by atomic mass is 32.1. The van der Waals surface area contributed by atoms with E-state index in [4.69, 9.17) is 14.5 Å². The Bertz CT molecular complexity index is 1860. The molecule has 0 spiro atoms. The summed E-state index contributed by atoms with van der Waals surface area (Å²) in [6.45, 7) is 5.91. The monoisotopic (exact) mass is 609 g/mol. The molecule has 226 valence electrons. The molecule has 0 saturated carbocycles. The zero-order chi connectivity index (χ0) is 30.8. The molecule has 3 heterocycles. The van der Waals surface area contributed by atoms with Crippen LogP contribution in [0.1, 0.15) is 48.5 Å². The molecule has 6 rings (SSSR count). The fourth-order valence-electron chi connectivity index (χ4n) is 5.90. The Kier molecular flexibility index (Phi) is 8.61. The second kappa shape index (κ2) is 12.7. The predicted octanol–water partition coefficient (Wildman–Crippen LogP) is 7.27. The molecule has 0 fully saturated rings. The average molecular weight is 610 g/mol. The molecule has 0 radical (unpaired) electrons. The van der Waals surface area contributed by atoms with Crippen LogP contribution in [0.4, 0.5) is 5.69 Å². The summed E-state index contributed by atoms with van der Waals surface area (Å²) in [6.07, 6.45) is 4.15. The summed E-state index contributed by atoms with van der Waals surface area (Å²) in [4.78, 5) is 30.9. The van der Waals surface area contributed by atoms with Crippen LogP contribution in [-0.2, 0) is 14.3 Å². The minimum absolute atomic E-state index is 0.0288. The maximum Gasteiger partial charge on any atom is 0.290 e. The Hall–Kier alpha value is -4.31. The number of thiazole rings is 1. The Balaban J connectivity index is 1.31. The van der Waals surface area contributed by atoms with Crippen molar-refractivity contribution >= 4 is 50.0 Å². The van der Waals surface area contributed by atoms with E-state index in [-0.39, 0.29) is 36.0 Å². The number of nitrogens with zero attached hydrogens (tertiary/aromatic N) is 2. The van der Waals surface area contributed by atoms with Gasteiger partial charge in [0, 0.05) is 54.8 Å². The van der Waals surface area contributed by atoms with Crippen molar-refractivity contribution in [1.29, 1.82) is 0 Å². The van der Waals surface area contributed by atoms with E-state index in [1.807, 2.05) is 73.8 Å². The second-order valence-corrected chi connectivity index (χ2v) is 12.1. The molecular formula is C35H35N3O5S. The van der Waals surface area contributed by atoms with Gasteiger partial charge >= 0.3 is 0 Å². The van der Waals surface area contributed by atoms with E-state index >= 15 is 0 Å². The Morgan fingerprint density at radius 1 is 1.11 bits per heavy atom. The van der Waals surface area contributed by atoms with Crippen molar-refractivity contribution in [2.24, 2.45) is 5.92 Å². The number of aryl methyl sites for hydroxylation is 1. The standard InChI is InChI=1S/C35H35N3O5S/c1-4-42-35-26(9-7-17-39)27(28-20-38(22(3)40)30-10-6-5-8-25(28)30)19-31(43-35)33(41)36-24-14-12-23(13-15-24)34-37-29-16-11-21(2)18-32(29)44-34/h5-6,8,10-16,18-20,26-27,35,39H,4,7,9,17H2,1-3H3,(H,36,41)/t26-,27-,35+/m0/s1. The minimum atomic E-state index is -0.702. The van der Waals surface area contributed by atoms with Crippen LogP contribution < -0.4 is 5.32 Å². The van der Waals surface area contributed by atoms with Gasteiger partial charge in [0.2, 0.25) is 12.2 Å². The van der Waals surface area contributed by atoms with Gasteiger partial charge in [-0.3, -0.25) is 14.2 Å². The van der Waals surface area contributed by atoms with Crippen molar-refractivity contribution in [2.45, 2.75) is 45.8 Å². The maximum absolute atomic E-state index is 13.6. The van der Waals surface area contributed by atoms with Crippen LogP contribution >= 0.6 is 11.3 Å². The number of aliphatic hydroxyl groups is 1. The van der Waals surface area contributed by atoms with Crippen molar-refractivity contribution in [3.05, 3.63) is 95.9 Å². The third-order valence-corrected chi connectivity index (χ3v) is 9.08. The highest BCUT2D eigenvalue weighted by Crippen LogP contribution is 2.42. The zero-order valence-electron chi connectivity index (χ0n) is 24.9. The largest absolute Gasteiger partial charge is 0.459 e. The molecule has 1 amide bonds. The lowest BCUT2D eigenvalue weighted by molar-refractivity contribution is -0.164. The van der Waals surface area contributed by atoms with E-state index < -0.39 is 6.29 Å². The third-order valence-electron chi connectivity index (χ3n) is 8.01. The highest BCUT2D eigenvalue weighted by molar-refractivity contribution is 7.21. The highest BCUT2D eigenvalue weighted by Gasteiger charge is 2.39.